The van der Waals surface area contributed by atoms with Crippen LogP contribution in [0.3, 0.4) is 0 Å². The minimum absolute atomic E-state index is 0.394. The summed E-state index contributed by atoms with van der Waals surface area (Å²) in [6.45, 7) is 7.91. The summed E-state index contributed by atoms with van der Waals surface area (Å²) in [6.07, 6.45) is 4.82. The molecule has 18 heavy (non-hydrogen) atoms. The van der Waals surface area contributed by atoms with E-state index < -0.39 is 0 Å². The molecule has 2 atom stereocenters. The Hall–Kier alpha value is -0.870. The highest BCUT2D eigenvalue weighted by atomic mass is 15.3. The van der Waals surface area contributed by atoms with Gasteiger partial charge in [0.05, 0.1) is 5.69 Å². The molecule has 4 heteroatoms. The smallest absolute Gasteiger partial charge is 0.0641 e. The van der Waals surface area contributed by atoms with Gasteiger partial charge in [0.25, 0.3) is 0 Å². The van der Waals surface area contributed by atoms with Gasteiger partial charge in [0, 0.05) is 31.4 Å². The van der Waals surface area contributed by atoms with Crippen molar-refractivity contribution in [2.45, 2.75) is 32.7 Å². The van der Waals surface area contributed by atoms with Gasteiger partial charge in [-0.15, -0.1) is 0 Å². The van der Waals surface area contributed by atoms with Crippen LogP contribution < -0.4 is 5.32 Å². The first-order valence-electron chi connectivity index (χ1n) is 6.98. The number of nitrogens with zero attached hydrogens (tertiary/aromatic N) is 3. The van der Waals surface area contributed by atoms with Gasteiger partial charge in [-0.25, -0.2) is 0 Å². The first-order chi connectivity index (χ1) is 8.56. The van der Waals surface area contributed by atoms with Crippen LogP contribution in [0.1, 0.15) is 37.1 Å². The van der Waals surface area contributed by atoms with Crippen LogP contribution in [0.25, 0.3) is 0 Å². The third-order valence-corrected chi connectivity index (χ3v) is 3.95. The van der Waals surface area contributed by atoms with Gasteiger partial charge in [-0.3, -0.25) is 4.68 Å². The Morgan fingerprint density at radius 2 is 2.28 bits per heavy atom. The topological polar surface area (TPSA) is 33.1 Å². The lowest BCUT2D eigenvalue weighted by Crippen LogP contribution is -2.38. The Morgan fingerprint density at radius 1 is 1.50 bits per heavy atom. The van der Waals surface area contributed by atoms with E-state index in [-0.39, 0.29) is 0 Å². The molecule has 0 aromatic carbocycles. The molecule has 1 aromatic heterocycles. The molecule has 0 saturated carbocycles. The molecule has 1 aliphatic heterocycles. The summed E-state index contributed by atoms with van der Waals surface area (Å²) >= 11 is 0. The number of aryl methyl sites for hydroxylation is 2. The average Bonchev–Trinajstić information content (AvgIpc) is 2.66. The molecule has 0 spiro atoms. The fourth-order valence-corrected chi connectivity index (χ4v) is 2.94. The quantitative estimate of drug-likeness (QED) is 0.883. The van der Waals surface area contributed by atoms with Crippen molar-refractivity contribution < 1.29 is 0 Å². The summed E-state index contributed by atoms with van der Waals surface area (Å²) in [5.41, 5.74) is 2.46. The fourth-order valence-electron chi connectivity index (χ4n) is 2.94. The largest absolute Gasteiger partial charge is 0.310 e. The van der Waals surface area contributed by atoms with Crippen LogP contribution in [-0.2, 0) is 7.05 Å². The normalized spacial score (nSPS) is 23.2. The predicted octanol–water partition coefficient (Wildman–Crippen LogP) is 1.72. The Labute approximate surface area is 110 Å². The van der Waals surface area contributed by atoms with E-state index in [1.54, 1.807) is 0 Å². The summed E-state index contributed by atoms with van der Waals surface area (Å²) in [4.78, 5) is 2.44. The molecule has 102 valence electrons. The molecule has 1 saturated heterocycles. The lowest BCUT2D eigenvalue weighted by molar-refractivity contribution is 0.203. The highest BCUT2D eigenvalue weighted by Gasteiger charge is 2.18. The van der Waals surface area contributed by atoms with Gasteiger partial charge >= 0.3 is 0 Å². The van der Waals surface area contributed by atoms with Crippen molar-refractivity contribution in [2.24, 2.45) is 13.0 Å². The van der Waals surface area contributed by atoms with E-state index in [0.717, 1.165) is 18.2 Å². The van der Waals surface area contributed by atoms with E-state index in [1.165, 1.54) is 31.5 Å². The highest BCUT2D eigenvalue weighted by molar-refractivity contribution is 5.19. The molecule has 1 fully saturated rings. The lowest BCUT2D eigenvalue weighted by Gasteiger charge is -2.30. The van der Waals surface area contributed by atoms with E-state index in [9.17, 15) is 0 Å². The average molecular weight is 250 g/mol. The van der Waals surface area contributed by atoms with Crippen LogP contribution in [0.5, 0.6) is 0 Å². The molecule has 2 unspecified atom stereocenters. The minimum atomic E-state index is 0.394. The molecule has 0 amide bonds. The van der Waals surface area contributed by atoms with Gasteiger partial charge in [-0.05, 0) is 52.7 Å². The molecule has 2 heterocycles. The Kier molecular flexibility index (Phi) is 4.40. The van der Waals surface area contributed by atoms with Crippen LogP contribution in [0, 0.1) is 12.8 Å². The zero-order chi connectivity index (χ0) is 13.1. The number of piperidine rings is 1. The van der Waals surface area contributed by atoms with Crippen molar-refractivity contribution in [1.82, 2.24) is 20.0 Å². The molecule has 1 aliphatic rings. The fraction of sp³-hybridized carbons (Fsp3) is 0.786. The maximum absolute atomic E-state index is 4.41. The van der Waals surface area contributed by atoms with Gasteiger partial charge in [0.2, 0.25) is 0 Å². The number of likely N-dealkylation sites (tertiary alicyclic amines) is 1. The standard InChI is InChI=1S/C14H26N4/c1-11(14-10-18(4)16-12(14)2)15-8-13-6-5-7-17(3)9-13/h10-11,13,15H,5-9H2,1-4H3. The number of hydrogen-bond donors (Lipinski definition) is 1. The molecule has 0 radical (unpaired) electrons. The number of rotatable bonds is 4. The number of aromatic nitrogens is 2. The van der Waals surface area contributed by atoms with E-state index >= 15 is 0 Å². The second-order valence-electron chi connectivity index (χ2n) is 5.74. The summed E-state index contributed by atoms with van der Waals surface area (Å²) in [6, 6.07) is 0.394. The third kappa shape index (κ3) is 3.33. The van der Waals surface area contributed by atoms with Crippen LogP contribution in [0.4, 0.5) is 0 Å². The second kappa shape index (κ2) is 5.85. The van der Waals surface area contributed by atoms with Gasteiger partial charge < -0.3 is 10.2 Å². The van der Waals surface area contributed by atoms with Crippen LogP contribution in [0.15, 0.2) is 6.20 Å². The summed E-state index contributed by atoms with van der Waals surface area (Å²) in [5.74, 6) is 0.795. The zero-order valence-electron chi connectivity index (χ0n) is 12.1. The van der Waals surface area contributed by atoms with Crippen molar-refractivity contribution in [3.8, 4) is 0 Å². The predicted molar refractivity (Wildman–Crippen MR) is 74.6 cm³/mol. The molecule has 2 rings (SSSR count). The zero-order valence-corrected chi connectivity index (χ0v) is 12.1. The number of hydrogen-bond acceptors (Lipinski definition) is 3. The maximum atomic E-state index is 4.41. The Morgan fingerprint density at radius 3 is 2.89 bits per heavy atom. The molecule has 0 bridgehead atoms. The monoisotopic (exact) mass is 250 g/mol. The summed E-state index contributed by atoms with van der Waals surface area (Å²) in [5, 5.41) is 8.07. The van der Waals surface area contributed by atoms with Crippen molar-refractivity contribution in [3.05, 3.63) is 17.5 Å². The molecule has 1 aromatic rings. The number of nitrogens with one attached hydrogen (secondary N) is 1. The molecule has 1 N–H and O–H groups in total. The molecule has 4 nitrogen and oxygen atoms in total. The molecular formula is C14H26N4. The van der Waals surface area contributed by atoms with Crippen LogP contribution >= 0.6 is 0 Å². The Balaban J connectivity index is 1.84. The van der Waals surface area contributed by atoms with Gasteiger partial charge in [0.15, 0.2) is 0 Å². The molecular weight excluding hydrogens is 224 g/mol. The first kappa shape index (κ1) is 13.6. The minimum Gasteiger partial charge on any atom is -0.310 e. The van der Waals surface area contributed by atoms with Crippen LogP contribution in [-0.4, -0.2) is 41.4 Å². The maximum Gasteiger partial charge on any atom is 0.0641 e. The van der Waals surface area contributed by atoms with Crippen molar-refractivity contribution in [3.63, 3.8) is 0 Å². The van der Waals surface area contributed by atoms with E-state index in [1.807, 2.05) is 11.7 Å². The first-order valence-corrected chi connectivity index (χ1v) is 6.98. The van der Waals surface area contributed by atoms with Gasteiger partial charge in [0.1, 0.15) is 0 Å². The van der Waals surface area contributed by atoms with E-state index in [4.69, 9.17) is 0 Å². The molecule has 0 aliphatic carbocycles. The van der Waals surface area contributed by atoms with Gasteiger partial charge in [-0.1, -0.05) is 0 Å². The third-order valence-electron chi connectivity index (χ3n) is 3.95. The van der Waals surface area contributed by atoms with Crippen molar-refractivity contribution in [2.75, 3.05) is 26.7 Å². The summed E-state index contributed by atoms with van der Waals surface area (Å²) < 4.78 is 1.90. The Bertz CT molecular complexity index is 385. The summed E-state index contributed by atoms with van der Waals surface area (Å²) in [7, 11) is 4.21. The lowest BCUT2D eigenvalue weighted by atomic mass is 9.98. The van der Waals surface area contributed by atoms with Crippen molar-refractivity contribution in [1.29, 1.82) is 0 Å². The second-order valence-corrected chi connectivity index (χ2v) is 5.74. The van der Waals surface area contributed by atoms with Gasteiger partial charge in [-0.2, -0.15) is 5.10 Å². The SMILES string of the molecule is Cc1nn(C)cc1C(C)NCC1CCCN(C)C1. The van der Waals surface area contributed by atoms with Crippen LogP contribution in [0.2, 0.25) is 0 Å². The van der Waals surface area contributed by atoms with E-state index in [2.05, 4.69) is 42.4 Å². The highest BCUT2D eigenvalue weighted by Crippen LogP contribution is 2.18. The van der Waals surface area contributed by atoms with Crippen molar-refractivity contribution >= 4 is 0 Å². The van der Waals surface area contributed by atoms with E-state index in [0.29, 0.717) is 6.04 Å².